The fraction of sp³-hybridized carbons (Fsp3) is 0.600. The molecule has 28 heavy (non-hydrogen) atoms. The summed E-state index contributed by atoms with van der Waals surface area (Å²) in [4.78, 5) is 27.7. The van der Waals surface area contributed by atoms with Crippen LogP contribution in [0.4, 0.5) is 10.5 Å². The summed E-state index contributed by atoms with van der Waals surface area (Å²) in [5.41, 5.74) is 0.826. The number of quaternary nitrogens is 1. The van der Waals surface area contributed by atoms with Crippen molar-refractivity contribution in [3.63, 3.8) is 0 Å². The Labute approximate surface area is 166 Å². The lowest BCUT2D eigenvalue weighted by Crippen LogP contribution is -3.14. The summed E-state index contributed by atoms with van der Waals surface area (Å²) < 4.78 is 10.8. The molecular formula is C20H31N4O4+. The van der Waals surface area contributed by atoms with Crippen molar-refractivity contribution in [2.75, 3.05) is 57.4 Å². The average molecular weight is 391 g/mol. The monoisotopic (exact) mass is 391 g/mol. The van der Waals surface area contributed by atoms with Gasteiger partial charge in [0.2, 0.25) is 5.91 Å². The Bertz CT molecular complexity index is 646. The molecule has 2 heterocycles. The van der Waals surface area contributed by atoms with Crippen molar-refractivity contribution < 1.29 is 24.0 Å². The van der Waals surface area contributed by atoms with E-state index in [1.165, 1.54) is 4.90 Å². The van der Waals surface area contributed by atoms with Crippen molar-refractivity contribution in [2.24, 2.45) is 0 Å². The third-order valence-corrected chi connectivity index (χ3v) is 5.11. The van der Waals surface area contributed by atoms with Crippen LogP contribution in [0.1, 0.15) is 19.8 Å². The van der Waals surface area contributed by atoms with Crippen molar-refractivity contribution in [3.05, 3.63) is 24.3 Å². The van der Waals surface area contributed by atoms with Crippen molar-refractivity contribution in [2.45, 2.75) is 25.8 Å². The van der Waals surface area contributed by atoms with E-state index >= 15 is 0 Å². The predicted octanol–water partition coefficient (Wildman–Crippen LogP) is -0.205. The van der Waals surface area contributed by atoms with E-state index in [0.717, 1.165) is 50.7 Å². The van der Waals surface area contributed by atoms with Gasteiger partial charge < -0.3 is 29.9 Å². The van der Waals surface area contributed by atoms with Gasteiger partial charge in [0.25, 0.3) is 0 Å². The van der Waals surface area contributed by atoms with Crippen LogP contribution < -0.4 is 25.2 Å². The number of nitrogens with zero attached hydrogens (tertiary/aromatic N) is 1. The Morgan fingerprint density at radius 3 is 2.75 bits per heavy atom. The van der Waals surface area contributed by atoms with Crippen molar-refractivity contribution in [1.29, 1.82) is 0 Å². The third kappa shape index (κ3) is 5.84. The first-order valence-corrected chi connectivity index (χ1v) is 10.1. The van der Waals surface area contributed by atoms with Crippen LogP contribution in [0.15, 0.2) is 24.3 Å². The van der Waals surface area contributed by atoms with Gasteiger partial charge in [-0.25, -0.2) is 4.79 Å². The fourth-order valence-corrected chi connectivity index (χ4v) is 3.63. The lowest BCUT2D eigenvalue weighted by molar-refractivity contribution is -0.908. The molecule has 2 aliphatic rings. The molecule has 3 amide bonds. The minimum absolute atomic E-state index is 0.0189. The maximum Gasteiger partial charge on any atom is 0.315 e. The first-order chi connectivity index (χ1) is 13.7. The highest BCUT2D eigenvalue weighted by molar-refractivity contribution is 5.96. The molecule has 0 aromatic heterocycles. The van der Waals surface area contributed by atoms with Gasteiger partial charge in [0.15, 0.2) is 0 Å². The molecule has 1 aromatic rings. The molecule has 0 aliphatic carbocycles. The fourth-order valence-electron chi connectivity index (χ4n) is 3.63. The van der Waals surface area contributed by atoms with Gasteiger partial charge >= 0.3 is 6.03 Å². The highest BCUT2D eigenvalue weighted by atomic mass is 16.5. The van der Waals surface area contributed by atoms with E-state index in [4.69, 9.17) is 9.47 Å². The van der Waals surface area contributed by atoms with Crippen LogP contribution in [0.3, 0.4) is 0 Å². The zero-order valence-corrected chi connectivity index (χ0v) is 16.5. The van der Waals surface area contributed by atoms with Crippen molar-refractivity contribution in [1.82, 2.24) is 10.6 Å². The zero-order chi connectivity index (χ0) is 19.8. The molecular weight excluding hydrogens is 360 g/mol. The van der Waals surface area contributed by atoms with Crippen LogP contribution in [0.5, 0.6) is 5.75 Å². The summed E-state index contributed by atoms with van der Waals surface area (Å²) in [6, 6.07) is 7.08. The summed E-state index contributed by atoms with van der Waals surface area (Å²) in [6.07, 6.45) is 1.25. The van der Waals surface area contributed by atoms with Crippen LogP contribution in [0.2, 0.25) is 0 Å². The maximum atomic E-state index is 12.3. The predicted molar refractivity (Wildman–Crippen MR) is 106 cm³/mol. The van der Waals surface area contributed by atoms with Crippen LogP contribution in [-0.2, 0) is 9.53 Å². The number of carbonyl (C=O) groups excluding carboxylic acids is 2. The highest BCUT2D eigenvalue weighted by Crippen LogP contribution is 2.24. The second kappa shape index (κ2) is 10.3. The summed E-state index contributed by atoms with van der Waals surface area (Å²) in [5, 5.41) is 5.81. The molecule has 3 rings (SSSR count). The SMILES string of the molecule is CCOc1ccc(N2C[C@H](NC(=O)NCCC[NH+]3CCOCC3)CC2=O)cc1. The lowest BCUT2D eigenvalue weighted by atomic mass is 10.2. The molecule has 0 radical (unpaired) electrons. The molecule has 0 saturated carbocycles. The highest BCUT2D eigenvalue weighted by Gasteiger charge is 2.31. The number of rotatable bonds is 8. The summed E-state index contributed by atoms with van der Waals surface area (Å²) in [5.74, 6) is 0.802. The van der Waals surface area contributed by atoms with Gasteiger partial charge in [-0.2, -0.15) is 0 Å². The Morgan fingerprint density at radius 2 is 2.04 bits per heavy atom. The van der Waals surface area contributed by atoms with Crippen LogP contribution in [0.25, 0.3) is 0 Å². The van der Waals surface area contributed by atoms with Gasteiger partial charge in [0.05, 0.1) is 32.4 Å². The minimum Gasteiger partial charge on any atom is -0.494 e. The zero-order valence-electron chi connectivity index (χ0n) is 16.5. The number of benzene rings is 1. The second-order valence-corrected chi connectivity index (χ2v) is 7.20. The van der Waals surface area contributed by atoms with Gasteiger partial charge in [-0.15, -0.1) is 0 Å². The molecule has 154 valence electrons. The van der Waals surface area contributed by atoms with Gasteiger partial charge in [-0.05, 0) is 31.2 Å². The summed E-state index contributed by atoms with van der Waals surface area (Å²) in [7, 11) is 0. The number of urea groups is 1. The Kier molecular flexibility index (Phi) is 7.50. The quantitative estimate of drug-likeness (QED) is 0.536. The standard InChI is InChI=1S/C20H30N4O4/c1-2-28-18-6-4-17(5-7-18)24-15-16(14-19(24)25)22-20(26)21-8-3-9-23-10-12-27-13-11-23/h4-7,16H,2-3,8-15H2,1H3,(H2,21,22,26)/p+1/t16-/m1/s1. The molecule has 1 atom stereocenters. The van der Waals surface area contributed by atoms with E-state index in [1.807, 2.05) is 31.2 Å². The summed E-state index contributed by atoms with van der Waals surface area (Å²) in [6.45, 7) is 8.43. The number of anilines is 1. The van der Waals surface area contributed by atoms with Crippen LogP contribution >= 0.6 is 0 Å². The number of morpholine rings is 1. The van der Waals surface area contributed by atoms with E-state index in [-0.39, 0.29) is 18.0 Å². The molecule has 1 aromatic carbocycles. The molecule has 0 unspecified atom stereocenters. The second-order valence-electron chi connectivity index (χ2n) is 7.20. The molecule has 2 saturated heterocycles. The topological polar surface area (TPSA) is 84.3 Å². The number of hydrogen-bond acceptors (Lipinski definition) is 4. The third-order valence-electron chi connectivity index (χ3n) is 5.11. The largest absolute Gasteiger partial charge is 0.494 e. The lowest BCUT2D eigenvalue weighted by Gasteiger charge is -2.23. The van der Waals surface area contributed by atoms with Crippen molar-refractivity contribution >= 4 is 17.6 Å². The molecule has 2 fully saturated rings. The minimum atomic E-state index is -0.205. The van der Waals surface area contributed by atoms with E-state index in [9.17, 15) is 9.59 Å². The van der Waals surface area contributed by atoms with Crippen LogP contribution in [0, 0.1) is 0 Å². The Hall–Kier alpha value is -2.32. The van der Waals surface area contributed by atoms with E-state index in [2.05, 4.69) is 10.6 Å². The average Bonchev–Trinajstić information content (AvgIpc) is 3.07. The Balaban J connectivity index is 1.37. The van der Waals surface area contributed by atoms with Gasteiger partial charge in [0.1, 0.15) is 18.8 Å². The molecule has 3 N–H and O–H groups in total. The van der Waals surface area contributed by atoms with E-state index in [0.29, 0.717) is 26.1 Å². The normalized spacial score (nSPS) is 20.2. The van der Waals surface area contributed by atoms with Crippen molar-refractivity contribution in [3.8, 4) is 5.75 Å². The number of hydrogen-bond donors (Lipinski definition) is 3. The number of ether oxygens (including phenoxy) is 2. The summed E-state index contributed by atoms with van der Waals surface area (Å²) >= 11 is 0. The molecule has 0 spiro atoms. The maximum absolute atomic E-state index is 12.3. The van der Waals surface area contributed by atoms with E-state index in [1.54, 1.807) is 4.90 Å². The van der Waals surface area contributed by atoms with Gasteiger partial charge in [0, 0.05) is 31.6 Å². The van der Waals surface area contributed by atoms with Crippen LogP contribution in [-0.4, -0.2) is 70.5 Å². The Morgan fingerprint density at radius 1 is 1.29 bits per heavy atom. The molecule has 0 bridgehead atoms. The number of carbonyl (C=O) groups is 2. The van der Waals surface area contributed by atoms with Gasteiger partial charge in [-0.3, -0.25) is 4.79 Å². The number of amides is 3. The first-order valence-electron chi connectivity index (χ1n) is 10.1. The van der Waals surface area contributed by atoms with E-state index < -0.39 is 0 Å². The molecule has 8 nitrogen and oxygen atoms in total. The van der Waals surface area contributed by atoms with Gasteiger partial charge in [-0.1, -0.05) is 0 Å². The smallest absolute Gasteiger partial charge is 0.315 e. The molecule has 2 aliphatic heterocycles. The first kappa shape index (κ1) is 20.4. The molecule has 8 heteroatoms. The number of nitrogens with one attached hydrogen (secondary N) is 3.